The predicted molar refractivity (Wildman–Crippen MR) is 44.0 cm³/mol. The Morgan fingerprint density at radius 1 is 1.64 bits per heavy atom. The summed E-state index contributed by atoms with van der Waals surface area (Å²) < 4.78 is 10.2. The highest BCUT2D eigenvalue weighted by molar-refractivity contribution is 9.10. The van der Waals surface area contributed by atoms with Gasteiger partial charge in [0.2, 0.25) is 5.43 Å². The number of methoxy groups -OCH3 is 1. The summed E-state index contributed by atoms with van der Waals surface area (Å²) in [5.41, 5.74) is -0.134. The van der Waals surface area contributed by atoms with Crippen molar-refractivity contribution in [2.75, 3.05) is 7.11 Å². The fourth-order valence-corrected chi connectivity index (χ4v) is 1.06. The Morgan fingerprint density at radius 2 is 2.27 bits per heavy atom. The second-order valence-electron chi connectivity index (χ2n) is 2.03. The lowest BCUT2D eigenvalue weighted by Gasteiger charge is -2.00. The maximum atomic E-state index is 11.0. The highest BCUT2D eigenvalue weighted by atomic mass is 79.9. The maximum Gasteiger partial charge on any atom is 0.303 e. The molecule has 0 atom stereocenters. The minimum absolute atomic E-state index is 0.134. The molecule has 3 nitrogen and oxygen atoms in total. The second-order valence-corrected chi connectivity index (χ2v) is 2.82. The number of hydrogen-bond donors (Lipinski definition) is 0. The minimum Gasteiger partial charge on any atom is -0.468 e. The third-order valence-electron chi connectivity index (χ3n) is 1.17. The van der Waals surface area contributed by atoms with Gasteiger partial charge in [0.15, 0.2) is 0 Å². The van der Waals surface area contributed by atoms with E-state index in [4.69, 9.17) is 9.15 Å². The molecule has 0 saturated heterocycles. The third kappa shape index (κ3) is 1.63. The maximum absolute atomic E-state index is 11.0. The molecule has 11 heavy (non-hydrogen) atoms. The Hall–Kier alpha value is -0.770. The van der Waals surface area contributed by atoms with Crippen molar-refractivity contribution in [1.29, 1.82) is 0 Å². The molecule has 0 aliphatic rings. The molecule has 60 valence electrons. The van der Waals surface area contributed by atoms with Crippen LogP contribution in [0.5, 0.6) is 5.95 Å². The lowest BCUT2D eigenvalue weighted by molar-refractivity contribution is 0.285. The van der Waals surface area contributed by atoms with Gasteiger partial charge < -0.3 is 9.15 Å². The molecule has 1 aromatic rings. The van der Waals surface area contributed by atoms with Crippen LogP contribution in [-0.4, -0.2) is 7.11 Å². The van der Waals surface area contributed by atoms with E-state index >= 15 is 0 Å². The van der Waals surface area contributed by atoms with Crippen molar-refractivity contribution in [1.82, 2.24) is 0 Å². The van der Waals surface area contributed by atoms with Gasteiger partial charge in [0.1, 0.15) is 10.2 Å². The highest BCUT2D eigenvalue weighted by Crippen LogP contribution is 2.20. The number of halogens is 1. The summed E-state index contributed by atoms with van der Waals surface area (Å²) in [6.45, 7) is 1.69. The lowest BCUT2D eigenvalue weighted by Crippen LogP contribution is -2.02. The Balaban J connectivity index is 3.36. The van der Waals surface area contributed by atoms with Crippen LogP contribution in [0.25, 0.3) is 0 Å². The monoisotopic (exact) mass is 218 g/mol. The van der Waals surface area contributed by atoms with Gasteiger partial charge in [-0.25, -0.2) is 0 Å². The molecule has 0 fully saturated rings. The van der Waals surface area contributed by atoms with Crippen LogP contribution in [0, 0.1) is 6.92 Å². The van der Waals surface area contributed by atoms with E-state index in [2.05, 4.69) is 15.9 Å². The first-order valence-electron chi connectivity index (χ1n) is 2.99. The average Bonchev–Trinajstić information content (AvgIpc) is 1.96. The predicted octanol–water partition coefficient (Wildman–Crippen LogP) is 1.72. The topological polar surface area (TPSA) is 39.4 Å². The van der Waals surface area contributed by atoms with Gasteiger partial charge in [-0.05, 0) is 22.9 Å². The largest absolute Gasteiger partial charge is 0.468 e. The van der Waals surface area contributed by atoms with E-state index in [9.17, 15) is 4.79 Å². The minimum atomic E-state index is -0.134. The van der Waals surface area contributed by atoms with Crippen molar-refractivity contribution >= 4 is 15.9 Å². The molecule has 0 N–H and O–H groups in total. The van der Waals surface area contributed by atoms with Crippen molar-refractivity contribution in [3.63, 3.8) is 0 Å². The van der Waals surface area contributed by atoms with E-state index in [0.717, 1.165) is 0 Å². The first kappa shape index (κ1) is 8.33. The average molecular weight is 219 g/mol. The summed E-state index contributed by atoms with van der Waals surface area (Å²) in [6, 6.07) is 1.40. The van der Waals surface area contributed by atoms with Gasteiger partial charge in [-0.15, -0.1) is 0 Å². The van der Waals surface area contributed by atoms with Crippen LogP contribution in [-0.2, 0) is 0 Å². The zero-order valence-electron chi connectivity index (χ0n) is 6.18. The molecule has 1 aromatic heterocycles. The summed E-state index contributed by atoms with van der Waals surface area (Å²) in [4.78, 5) is 11.0. The molecule has 1 heterocycles. The molecule has 1 rings (SSSR count). The molecule has 0 aliphatic heterocycles. The number of aryl methyl sites for hydroxylation is 1. The third-order valence-corrected chi connectivity index (χ3v) is 1.88. The van der Waals surface area contributed by atoms with Crippen molar-refractivity contribution < 1.29 is 9.15 Å². The summed E-state index contributed by atoms with van der Waals surface area (Å²) in [6.07, 6.45) is 0. The van der Waals surface area contributed by atoms with Crippen molar-refractivity contribution in [2.24, 2.45) is 0 Å². The summed E-state index contributed by atoms with van der Waals surface area (Å²) >= 11 is 3.04. The van der Waals surface area contributed by atoms with E-state index in [-0.39, 0.29) is 11.4 Å². The van der Waals surface area contributed by atoms with E-state index in [1.165, 1.54) is 13.2 Å². The molecule has 0 aliphatic carbocycles. The van der Waals surface area contributed by atoms with E-state index in [1.807, 2.05) is 0 Å². The first-order chi connectivity index (χ1) is 5.15. The Morgan fingerprint density at radius 3 is 2.82 bits per heavy atom. The van der Waals surface area contributed by atoms with Crippen LogP contribution in [0.15, 0.2) is 19.8 Å². The highest BCUT2D eigenvalue weighted by Gasteiger charge is 2.06. The molecule has 0 radical (unpaired) electrons. The van der Waals surface area contributed by atoms with Gasteiger partial charge in [-0.3, -0.25) is 4.79 Å². The quantitative estimate of drug-likeness (QED) is 0.721. The van der Waals surface area contributed by atoms with Crippen molar-refractivity contribution in [3.8, 4) is 5.95 Å². The zero-order valence-corrected chi connectivity index (χ0v) is 7.77. The summed E-state index contributed by atoms with van der Waals surface area (Å²) in [5, 5.41) is 0. The first-order valence-corrected chi connectivity index (χ1v) is 3.78. The SMILES string of the molecule is COc1oc(C)cc(=O)c1Br. The molecule has 0 bridgehead atoms. The van der Waals surface area contributed by atoms with Crippen LogP contribution in [0.1, 0.15) is 5.76 Å². The normalized spacial score (nSPS) is 9.73. The van der Waals surface area contributed by atoms with Crippen LogP contribution >= 0.6 is 15.9 Å². The molecular weight excluding hydrogens is 212 g/mol. The van der Waals surface area contributed by atoms with Crippen molar-refractivity contribution in [3.05, 3.63) is 26.5 Å². The van der Waals surface area contributed by atoms with Gasteiger partial charge in [0.05, 0.1) is 7.11 Å². The molecule has 0 aromatic carbocycles. The Labute approximate surface area is 72.1 Å². The zero-order chi connectivity index (χ0) is 8.43. The molecule has 0 unspecified atom stereocenters. The Bertz CT molecular complexity index is 316. The second kappa shape index (κ2) is 3.09. The van der Waals surface area contributed by atoms with Gasteiger partial charge in [-0.2, -0.15) is 0 Å². The summed E-state index contributed by atoms with van der Waals surface area (Å²) in [7, 11) is 1.45. The molecule has 0 saturated carbocycles. The van der Waals surface area contributed by atoms with Gasteiger partial charge in [-0.1, -0.05) is 0 Å². The van der Waals surface area contributed by atoms with Crippen LogP contribution in [0.2, 0.25) is 0 Å². The number of rotatable bonds is 1. The Kier molecular flexibility index (Phi) is 2.34. The van der Waals surface area contributed by atoms with E-state index in [0.29, 0.717) is 10.2 Å². The number of ether oxygens (including phenoxy) is 1. The molecular formula is C7H7BrO3. The van der Waals surface area contributed by atoms with Crippen molar-refractivity contribution in [2.45, 2.75) is 6.92 Å². The van der Waals surface area contributed by atoms with E-state index < -0.39 is 0 Å². The number of hydrogen-bond acceptors (Lipinski definition) is 3. The van der Waals surface area contributed by atoms with Crippen LogP contribution in [0.3, 0.4) is 0 Å². The van der Waals surface area contributed by atoms with Crippen LogP contribution in [0.4, 0.5) is 0 Å². The molecule has 4 heteroatoms. The molecule has 0 amide bonds. The molecule has 0 spiro atoms. The van der Waals surface area contributed by atoms with E-state index in [1.54, 1.807) is 6.92 Å². The lowest BCUT2D eigenvalue weighted by atomic mass is 10.4. The smallest absolute Gasteiger partial charge is 0.303 e. The fraction of sp³-hybridized carbons (Fsp3) is 0.286. The van der Waals surface area contributed by atoms with Gasteiger partial charge >= 0.3 is 5.95 Å². The van der Waals surface area contributed by atoms with Crippen LogP contribution < -0.4 is 10.2 Å². The summed E-state index contributed by atoms with van der Waals surface area (Å²) in [5.74, 6) is 0.755. The standard InChI is InChI=1S/C7H7BrO3/c1-4-3-5(9)6(8)7(10-2)11-4/h3H,1-2H3. The van der Waals surface area contributed by atoms with Gasteiger partial charge in [0, 0.05) is 6.07 Å². The fourth-order valence-electron chi connectivity index (χ4n) is 0.700. The van der Waals surface area contributed by atoms with Gasteiger partial charge in [0.25, 0.3) is 0 Å².